The second-order valence-corrected chi connectivity index (χ2v) is 20.5. The van der Waals surface area contributed by atoms with E-state index in [1.54, 1.807) is 6.07 Å². The first-order valence-electron chi connectivity index (χ1n) is 24.6. The van der Waals surface area contributed by atoms with Crippen LogP contribution >= 0.6 is 51.5 Å². The molecule has 74 heavy (non-hydrogen) atoms. The highest BCUT2D eigenvalue weighted by Gasteiger charge is 2.42. The number of fused-ring (bicyclic) bond motifs is 2. The van der Waals surface area contributed by atoms with Crippen LogP contribution in [0.25, 0.3) is 0 Å². The molecule has 6 atom stereocenters. The first kappa shape index (κ1) is 57.3. The molecule has 0 radical (unpaired) electrons. The van der Waals surface area contributed by atoms with Crippen LogP contribution in [0.2, 0.25) is 10.0 Å². The van der Waals surface area contributed by atoms with Crippen LogP contribution in [-0.2, 0) is 12.4 Å². The molecule has 6 heterocycles. The summed E-state index contributed by atoms with van der Waals surface area (Å²) in [6.45, 7) is 9.45. The Balaban J connectivity index is 0.000000180. The van der Waals surface area contributed by atoms with Crippen molar-refractivity contribution >= 4 is 51.5 Å². The van der Waals surface area contributed by atoms with E-state index in [4.69, 9.17) is 32.7 Å². The lowest BCUT2D eigenvalue weighted by molar-refractivity contribution is -0.139. The maximum atomic E-state index is 13.2. The van der Waals surface area contributed by atoms with E-state index in [-0.39, 0.29) is 49.2 Å². The number of hydrogen-bond acceptors (Lipinski definition) is 8. The van der Waals surface area contributed by atoms with E-state index in [2.05, 4.69) is 88.4 Å². The van der Waals surface area contributed by atoms with Crippen LogP contribution < -0.4 is 14.8 Å². The van der Waals surface area contributed by atoms with Gasteiger partial charge in [-0.3, -0.25) is 24.7 Å². The average Bonchev–Trinajstić information content (AvgIpc) is 4.02. The number of hydrogen-bond donors (Lipinski definition) is 1. The van der Waals surface area contributed by atoms with Crippen LogP contribution in [0.5, 0.6) is 11.5 Å². The van der Waals surface area contributed by atoms with Gasteiger partial charge in [0, 0.05) is 67.0 Å². The number of rotatable bonds is 13. The molecule has 396 valence electrons. The van der Waals surface area contributed by atoms with Gasteiger partial charge < -0.3 is 14.8 Å². The van der Waals surface area contributed by atoms with Crippen molar-refractivity contribution in [2.75, 3.05) is 77.4 Å². The summed E-state index contributed by atoms with van der Waals surface area (Å²) in [5, 5.41) is 5.54. The van der Waals surface area contributed by atoms with Crippen molar-refractivity contribution in [3.63, 3.8) is 0 Å². The number of para-hydroxylation sites is 2. The van der Waals surface area contributed by atoms with Crippen molar-refractivity contribution in [1.29, 1.82) is 0 Å². The number of nitrogens with zero attached hydrogens (tertiary/aromatic N) is 5. The van der Waals surface area contributed by atoms with Gasteiger partial charge in [0.15, 0.2) is 0 Å². The van der Waals surface area contributed by atoms with Crippen LogP contribution in [0.1, 0.15) is 58.6 Å². The summed E-state index contributed by atoms with van der Waals surface area (Å²) in [6.07, 6.45) is -2.70. The van der Waals surface area contributed by atoms with Crippen molar-refractivity contribution < 1.29 is 35.8 Å². The zero-order valence-corrected chi connectivity index (χ0v) is 44.5. The Labute approximate surface area is 454 Å². The molecule has 8 nitrogen and oxygen atoms in total. The maximum absolute atomic E-state index is 13.2. The molecular weight excluding hydrogens is 1090 g/mol. The zero-order chi connectivity index (χ0) is 51.4. The smallest absolute Gasteiger partial charge is 0.419 e. The maximum Gasteiger partial charge on any atom is 0.419 e. The summed E-state index contributed by atoms with van der Waals surface area (Å²) in [5.41, 5.74) is 3.14. The monoisotopic (exact) mass is 1150 g/mol. The van der Waals surface area contributed by atoms with Gasteiger partial charge in [-0.1, -0.05) is 99.8 Å². The number of halogens is 10. The van der Waals surface area contributed by atoms with Gasteiger partial charge in [0.05, 0.1) is 41.2 Å². The number of benzene rings is 4. The Morgan fingerprint density at radius 3 is 1.50 bits per heavy atom. The number of alkyl halides is 7. The van der Waals surface area contributed by atoms with Gasteiger partial charge in [-0.15, -0.1) is 12.4 Å². The van der Waals surface area contributed by atoms with Crippen LogP contribution in [0.15, 0.2) is 146 Å². The number of piperidine rings is 2. The molecule has 0 amide bonds. The standard InChI is InChI=1S/C28H29ClF3N3O.C19H22ClN3.C9H8BrF3O.ClH/c29-23-10-8-20(9-11-23)27(25-6-3-4-13-33-25)35-18-21-12-14-34(17-22(21)19-35)15-16-36-26-7-2-1-5-24(26)28(30,31)32;20-17-6-4-14(5-7-17)19(18-3-1-2-9-22-18)23-12-15-8-10-21-11-16(15)13-23;10-5-6-14-8-4-2-1-3-7(8)9(11,12)13;/h1-11,13,21-22,27H,12,14-19H2;1-7,9,15-16,19,21H,8,10-13H2;1-4H,5-6H2;1H. The van der Waals surface area contributed by atoms with Crippen molar-refractivity contribution in [3.8, 4) is 11.5 Å². The van der Waals surface area contributed by atoms with Crippen LogP contribution in [-0.4, -0.2) is 102 Å². The molecule has 4 aliphatic rings. The molecule has 4 aliphatic heterocycles. The number of likely N-dealkylation sites (tertiary alicyclic amines) is 3. The quantitative estimate of drug-likeness (QED) is 0.0906. The minimum Gasteiger partial charge on any atom is -0.492 e. The van der Waals surface area contributed by atoms with Gasteiger partial charge in [-0.2, -0.15) is 26.3 Å². The average molecular weight is 1150 g/mol. The van der Waals surface area contributed by atoms with E-state index in [0.717, 1.165) is 99.2 Å². The highest BCUT2D eigenvalue weighted by molar-refractivity contribution is 9.09. The summed E-state index contributed by atoms with van der Waals surface area (Å²) in [7, 11) is 0. The second-order valence-electron chi connectivity index (χ2n) is 18.8. The Kier molecular flexibility index (Phi) is 20.9. The normalized spacial score (nSPS) is 20.8. The first-order valence-corrected chi connectivity index (χ1v) is 26.5. The molecule has 6 unspecified atom stereocenters. The fraction of sp³-hybridized carbons (Fsp3) is 0.393. The van der Waals surface area contributed by atoms with Gasteiger partial charge in [0.1, 0.15) is 18.1 Å². The number of ether oxygens (including phenoxy) is 2. The third-order valence-electron chi connectivity index (χ3n) is 14.0. The van der Waals surface area contributed by atoms with Crippen molar-refractivity contribution in [3.05, 3.63) is 190 Å². The molecule has 0 aliphatic carbocycles. The van der Waals surface area contributed by atoms with E-state index in [1.165, 1.54) is 47.9 Å². The van der Waals surface area contributed by atoms with Gasteiger partial charge in [0.25, 0.3) is 0 Å². The third kappa shape index (κ3) is 15.4. The lowest BCUT2D eigenvalue weighted by Crippen LogP contribution is -2.41. The van der Waals surface area contributed by atoms with Crippen molar-refractivity contribution in [1.82, 2.24) is 30.0 Å². The Morgan fingerprint density at radius 1 is 0.568 bits per heavy atom. The van der Waals surface area contributed by atoms with E-state index < -0.39 is 23.5 Å². The second kappa shape index (κ2) is 27.0. The predicted molar refractivity (Wildman–Crippen MR) is 286 cm³/mol. The SMILES string of the molecule is Cl.Clc1ccc(C(c2ccccn2)N2CC3CCNCC3C2)cc1.FC(F)(F)c1ccccc1OCCBr.FC(F)(F)c1ccccc1OCCN1CCC2CN(C(c3ccc(Cl)cc3)c3ccccn3)CC2C1. The minimum atomic E-state index is -4.42. The molecule has 0 saturated carbocycles. The summed E-state index contributed by atoms with van der Waals surface area (Å²) >= 11 is 15.3. The molecule has 2 aromatic heterocycles. The van der Waals surface area contributed by atoms with Crippen molar-refractivity contribution in [2.45, 2.75) is 37.3 Å². The molecule has 4 saturated heterocycles. The predicted octanol–water partition coefficient (Wildman–Crippen LogP) is 13.4. The summed E-state index contributed by atoms with van der Waals surface area (Å²) in [5.74, 6) is 2.44. The Morgan fingerprint density at radius 2 is 1.03 bits per heavy atom. The minimum absolute atomic E-state index is 0. The Hall–Kier alpha value is -4.45. The molecular formula is C56H60BrCl3F6N6O2. The molecule has 0 spiro atoms. The fourth-order valence-electron chi connectivity index (χ4n) is 10.6. The van der Waals surface area contributed by atoms with E-state index >= 15 is 0 Å². The summed E-state index contributed by atoms with van der Waals surface area (Å²) < 4.78 is 87.4. The van der Waals surface area contributed by atoms with Crippen LogP contribution in [0, 0.1) is 23.7 Å². The zero-order valence-electron chi connectivity index (χ0n) is 40.6. The number of nitrogens with one attached hydrogen (secondary N) is 1. The van der Waals surface area contributed by atoms with E-state index in [9.17, 15) is 26.3 Å². The van der Waals surface area contributed by atoms with E-state index in [0.29, 0.717) is 28.7 Å². The molecule has 18 heteroatoms. The van der Waals surface area contributed by atoms with Gasteiger partial charge >= 0.3 is 12.4 Å². The first-order chi connectivity index (χ1) is 35.2. The molecule has 4 fully saturated rings. The highest BCUT2D eigenvalue weighted by Crippen LogP contribution is 2.41. The van der Waals surface area contributed by atoms with Gasteiger partial charge in [-0.25, -0.2) is 0 Å². The molecule has 4 aromatic carbocycles. The lowest BCUT2D eigenvalue weighted by atomic mass is 9.89. The van der Waals surface area contributed by atoms with E-state index in [1.807, 2.05) is 54.9 Å². The Bertz CT molecular complexity index is 2610. The summed E-state index contributed by atoms with van der Waals surface area (Å²) in [6, 6.07) is 39.3. The molecule has 1 N–H and O–H groups in total. The number of aromatic nitrogens is 2. The van der Waals surface area contributed by atoms with Gasteiger partial charge in [0.2, 0.25) is 0 Å². The molecule has 10 rings (SSSR count). The molecule has 6 aromatic rings. The van der Waals surface area contributed by atoms with Gasteiger partial charge in [-0.05, 0) is 140 Å². The van der Waals surface area contributed by atoms with Crippen molar-refractivity contribution in [2.24, 2.45) is 23.7 Å². The lowest BCUT2D eigenvalue weighted by Gasteiger charge is -2.34. The van der Waals surface area contributed by atoms with Crippen LogP contribution in [0.4, 0.5) is 26.3 Å². The molecule has 0 bridgehead atoms. The summed E-state index contributed by atoms with van der Waals surface area (Å²) in [4.78, 5) is 16.8. The topological polar surface area (TPSA) is 66.0 Å². The highest BCUT2D eigenvalue weighted by atomic mass is 79.9. The fourth-order valence-corrected chi connectivity index (χ4v) is 11.0. The largest absolute Gasteiger partial charge is 0.492 e. The number of pyridine rings is 2. The van der Waals surface area contributed by atoms with Crippen LogP contribution in [0.3, 0.4) is 0 Å². The third-order valence-corrected chi connectivity index (χ3v) is 14.9.